The SMILES string of the molecule is C=C(C)Cc1cc(OC)ccc1Oc1nc(Oc2ccc(OC)cc2C=C(C)C)nc(Oc2ccc(OC)cc2CC(=C)C)n1. The first-order chi connectivity index (χ1) is 21.6. The Morgan fingerprint density at radius 1 is 0.578 bits per heavy atom. The lowest BCUT2D eigenvalue weighted by molar-refractivity contribution is 0.357. The van der Waals surface area contributed by atoms with Crippen LogP contribution in [-0.2, 0) is 12.8 Å². The smallest absolute Gasteiger partial charge is 0.331 e. The molecule has 1 heterocycles. The molecule has 0 fully saturated rings. The second kappa shape index (κ2) is 14.9. The molecule has 0 N–H and O–H groups in total. The average Bonchev–Trinajstić information content (AvgIpc) is 2.99. The Morgan fingerprint density at radius 2 is 0.956 bits per heavy atom. The summed E-state index contributed by atoms with van der Waals surface area (Å²) in [6, 6.07) is 16.4. The van der Waals surface area contributed by atoms with E-state index in [0.717, 1.165) is 33.4 Å². The predicted molar refractivity (Wildman–Crippen MR) is 175 cm³/mol. The molecule has 9 nitrogen and oxygen atoms in total. The lowest BCUT2D eigenvalue weighted by Crippen LogP contribution is -2.04. The van der Waals surface area contributed by atoms with Crippen LogP contribution in [0.25, 0.3) is 6.08 Å². The second-order valence-corrected chi connectivity index (χ2v) is 10.8. The molecule has 3 aromatic carbocycles. The summed E-state index contributed by atoms with van der Waals surface area (Å²) < 4.78 is 35.0. The van der Waals surface area contributed by atoms with Crippen LogP contribution in [0.3, 0.4) is 0 Å². The lowest BCUT2D eigenvalue weighted by Gasteiger charge is -2.15. The molecule has 9 heteroatoms. The van der Waals surface area contributed by atoms with Gasteiger partial charge < -0.3 is 28.4 Å². The third-order valence-corrected chi connectivity index (χ3v) is 6.36. The van der Waals surface area contributed by atoms with Crippen LogP contribution < -0.4 is 28.4 Å². The van der Waals surface area contributed by atoms with Crippen LogP contribution in [0.2, 0.25) is 0 Å². The zero-order valence-electron chi connectivity index (χ0n) is 26.9. The number of rotatable bonds is 14. The van der Waals surface area contributed by atoms with Crippen molar-refractivity contribution < 1.29 is 28.4 Å². The quantitative estimate of drug-likeness (QED) is 0.130. The van der Waals surface area contributed by atoms with E-state index in [2.05, 4.69) is 28.1 Å². The van der Waals surface area contributed by atoms with Crippen LogP contribution in [0.4, 0.5) is 0 Å². The van der Waals surface area contributed by atoms with E-state index in [9.17, 15) is 0 Å². The third kappa shape index (κ3) is 9.09. The molecule has 45 heavy (non-hydrogen) atoms. The Labute approximate surface area is 264 Å². The Kier molecular flexibility index (Phi) is 10.8. The van der Waals surface area contributed by atoms with E-state index in [1.807, 2.05) is 52.0 Å². The first-order valence-corrected chi connectivity index (χ1v) is 14.3. The number of allylic oxidation sites excluding steroid dienone is 3. The standard InChI is InChI=1S/C36H39N3O6/c1-22(2)16-25-19-28(40-7)10-13-31(25)43-34-37-35(44-32-14-11-29(41-8)20-26(32)17-23(3)4)39-36(38-34)45-33-15-12-30(42-9)21-27(33)18-24(5)6/h10-15,18-21H,1,3,16-17H2,2,4-9H3. The molecule has 0 unspecified atom stereocenters. The van der Waals surface area contributed by atoms with E-state index in [4.69, 9.17) is 28.4 Å². The van der Waals surface area contributed by atoms with Crippen molar-refractivity contribution in [3.05, 3.63) is 101 Å². The highest BCUT2D eigenvalue weighted by Crippen LogP contribution is 2.35. The van der Waals surface area contributed by atoms with Crippen LogP contribution in [0.15, 0.2) is 84.5 Å². The zero-order chi connectivity index (χ0) is 32.5. The molecule has 0 aliphatic heterocycles. The Morgan fingerprint density at radius 3 is 1.33 bits per heavy atom. The van der Waals surface area contributed by atoms with Crippen molar-refractivity contribution in [3.8, 4) is 52.5 Å². The summed E-state index contributed by atoms with van der Waals surface area (Å²) in [5, 5.41) is 0. The minimum absolute atomic E-state index is 0.0182. The molecule has 234 valence electrons. The van der Waals surface area contributed by atoms with Crippen molar-refractivity contribution in [1.82, 2.24) is 15.0 Å². The lowest BCUT2D eigenvalue weighted by atomic mass is 10.1. The van der Waals surface area contributed by atoms with Gasteiger partial charge in [0.1, 0.15) is 34.5 Å². The maximum absolute atomic E-state index is 6.24. The summed E-state index contributed by atoms with van der Waals surface area (Å²) in [5.41, 5.74) is 5.47. The van der Waals surface area contributed by atoms with Crippen molar-refractivity contribution in [2.45, 2.75) is 40.5 Å². The number of aromatic nitrogens is 3. The molecule has 0 aliphatic rings. The van der Waals surface area contributed by atoms with Gasteiger partial charge in [-0.2, -0.15) is 0 Å². The highest BCUT2D eigenvalue weighted by molar-refractivity contribution is 5.61. The second-order valence-electron chi connectivity index (χ2n) is 10.8. The maximum atomic E-state index is 6.24. The summed E-state index contributed by atoms with van der Waals surface area (Å²) >= 11 is 0. The Bertz CT molecular complexity index is 1640. The fourth-order valence-corrected chi connectivity index (χ4v) is 4.41. The number of benzene rings is 3. The first-order valence-electron chi connectivity index (χ1n) is 14.3. The van der Waals surface area contributed by atoms with Crippen molar-refractivity contribution in [1.29, 1.82) is 0 Å². The van der Waals surface area contributed by atoms with Crippen LogP contribution in [0, 0.1) is 0 Å². The molecule has 0 bridgehead atoms. The summed E-state index contributed by atoms with van der Waals surface area (Å²) in [6.07, 6.45) is 3.12. The summed E-state index contributed by atoms with van der Waals surface area (Å²) in [6.45, 7) is 16.0. The molecule has 0 atom stereocenters. The van der Waals surface area contributed by atoms with Gasteiger partial charge >= 0.3 is 18.0 Å². The van der Waals surface area contributed by atoms with E-state index in [0.29, 0.717) is 47.3 Å². The summed E-state index contributed by atoms with van der Waals surface area (Å²) in [5.74, 6) is 3.65. The first kappa shape index (κ1) is 32.6. The summed E-state index contributed by atoms with van der Waals surface area (Å²) in [4.78, 5) is 13.5. The van der Waals surface area contributed by atoms with E-state index in [1.165, 1.54) is 0 Å². The van der Waals surface area contributed by atoms with Gasteiger partial charge in [0, 0.05) is 16.7 Å². The molecular formula is C36H39N3O6. The number of methoxy groups -OCH3 is 3. The molecule has 0 amide bonds. The van der Waals surface area contributed by atoms with E-state index < -0.39 is 0 Å². The molecule has 0 radical (unpaired) electrons. The number of ether oxygens (including phenoxy) is 6. The highest BCUT2D eigenvalue weighted by Gasteiger charge is 2.18. The molecule has 1 aromatic heterocycles. The monoisotopic (exact) mass is 609 g/mol. The van der Waals surface area contributed by atoms with Crippen molar-refractivity contribution >= 4 is 6.08 Å². The number of nitrogens with zero attached hydrogens (tertiary/aromatic N) is 3. The van der Waals surface area contributed by atoms with Crippen LogP contribution >= 0.6 is 0 Å². The van der Waals surface area contributed by atoms with Gasteiger partial charge in [-0.1, -0.05) is 36.0 Å². The van der Waals surface area contributed by atoms with E-state index in [-0.39, 0.29) is 18.0 Å². The molecule has 0 aliphatic carbocycles. The minimum atomic E-state index is -0.0199. The maximum Gasteiger partial charge on any atom is 0.331 e. The molecule has 4 rings (SSSR count). The van der Waals surface area contributed by atoms with Gasteiger partial charge in [-0.05, 0) is 95.1 Å². The molecule has 0 spiro atoms. The normalized spacial score (nSPS) is 10.5. The fraction of sp³-hybridized carbons (Fsp3) is 0.250. The number of hydrogen-bond acceptors (Lipinski definition) is 9. The topological polar surface area (TPSA) is 94.1 Å². The molecule has 0 saturated heterocycles. The fourth-order valence-electron chi connectivity index (χ4n) is 4.41. The molecule has 0 saturated carbocycles. The van der Waals surface area contributed by atoms with Crippen molar-refractivity contribution in [2.75, 3.05) is 21.3 Å². The van der Waals surface area contributed by atoms with Gasteiger partial charge in [-0.15, -0.1) is 15.0 Å². The van der Waals surface area contributed by atoms with Crippen LogP contribution in [0.1, 0.15) is 44.4 Å². The Hall–Kier alpha value is -5.31. The van der Waals surface area contributed by atoms with Gasteiger partial charge in [-0.3, -0.25) is 0 Å². The number of hydrogen-bond donors (Lipinski definition) is 0. The van der Waals surface area contributed by atoms with E-state index >= 15 is 0 Å². The molecular weight excluding hydrogens is 570 g/mol. The largest absolute Gasteiger partial charge is 0.497 e. The average molecular weight is 610 g/mol. The van der Waals surface area contributed by atoms with Gasteiger partial charge in [0.05, 0.1) is 21.3 Å². The van der Waals surface area contributed by atoms with E-state index in [1.54, 1.807) is 57.7 Å². The van der Waals surface area contributed by atoms with Gasteiger partial charge in [0.25, 0.3) is 0 Å². The van der Waals surface area contributed by atoms with Crippen LogP contribution in [0.5, 0.6) is 52.5 Å². The third-order valence-electron chi connectivity index (χ3n) is 6.36. The molecule has 4 aromatic rings. The van der Waals surface area contributed by atoms with Gasteiger partial charge in [0.15, 0.2) is 0 Å². The van der Waals surface area contributed by atoms with Gasteiger partial charge in [0.2, 0.25) is 0 Å². The zero-order valence-corrected chi connectivity index (χ0v) is 26.9. The van der Waals surface area contributed by atoms with Crippen LogP contribution in [-0.4, -0.2) is 36.3 Å². The summed E-state index contributed by atoms with van der Waals surface area (Å²) in [7, 11) is 4.84. The minimum Gasteiger partial charge on any atom is -0.497 e. The predicted octanol–water partition coefficient (Wildman–Crippen LogP) is 8.93. The van der Waals surface area contributed by atoms with Crippen molar-refractivity contribution in [2.24, 2.45) is 0 Å². The highest BCUT2D eigenvalue weighted by atomic mass is 16.5. The van der Waals surface area contributed by atoms with Gasteiger partial charge in [-0.25, -0.2) is 0 Å². The Balaban J connectivity index is 1.80. The van der Waals surface area contributed by atoms with Crippen molar-refractivity contribution in [3.63, 3.8) is 0 Å².